The highest BCUT2D eigenvalue weighted by Crippen LogP contribution is 2.48. The van der Waals surface area contributed by atoms with Gasteiger partial charge in [0.25, 0.3) is 0 Å². The highest BCUT2D eigenvalue weighted by atomic mass is 16.3. The van der Waals surface area contributed by atoms with E-state index >= 15 is 0 Å². The van der Waals surface area contributed by atoms with Gasteiger partial charge >= 0.3 is 0 Å². The summed E-state index contributed by atoms with van der Waals surface area (Å²) in [6.45, 7) is 0.876. The molecule has 0 fully saturated rings. The molecule has 0 spiro atoms. The molecule has 5 heteroatoms. The second-order valence-electron chi connectivity index (χ2n) is 6.45. The van der Waals surface area contributed by atoms with E-state index in [2.05, 4.69) is 38.9 Å². The number of aromatic nitrogens is 4. The van der Waals surface area contributed by atoms with Crippen LogP contribution in [-0.4, -0.2) is 24.4 Å². The van der Waals surface area contributed by atoms with Crippen LogP contribution in [0.3, 0.4) is 0 Å². The average molecular weight is 306 g/mol. The third-order valence-corrected chi connectivity index (χ3v) is 5.29. The van der Waals surface area contributed by atoms with E-state index in [1.165, 1.54) is 11.1 Å². The maximum atomic E-state index is 11.0. The Morgan fingerprint density at radius 3 is 3.04 bits per heavy atom. The summed E-state index contributed by atoms with van der Waals surface area (Å²) in [5.74, 6) is 0.129. The largest absolute Gasteiger partial charge is 0.386 e. The minimum atomic E-state index is -0.508. The lowest BCUT2D eigenvalue weighted by Crippen LogP contribution is -2.23. The van der Waals surface area contributed by atoms with Crippen LogP contribution in [0.5, 0.6) is 0 Å². The van der Waals surface area contributed by atoms with E-state index in [1.807, 2.05) is 23.3 Å². The predicted molar refractivity (Wildman–Crippen MR) is 85.7 cm³/mol. The quantitative estimate of drug-likeness (QED) is 0.752. The van der Waals surface area contributed by atoms with Gasteiger partial charge in [-0.05, 0) is 24.5 Å². The Labute approximate surface area is 134 Å². The molecule has 5 nitrogen and oxygen atoms in total. The fourth-order valence-electron chi connectivity index (χ4n) is 4.28. The molecule has 4 heterocycles. The lowest BCUT2D eigenvalue weighted by atomic mass is 9.84. The Morgan fingerprint density at radius 1 is 1.17 bits per heavy atom. The first kappa shape index (κ1) is 13.1. The van der Waals surface area contributed by atoms with Gasteiger partial charge in [-0.2, -0.15) is 5.10 Å². The SMILES string of the molecule is O[C@H]1c2ccnn2CCC[C@@H]1[C@@H]1c2ccccc2-c2cncn21. The monoisotopic (exact) mass is 306 g/mol. The summed E-state index contributed by atoms with van der Waals surface area (Å²) in [5, 5.41) is 15.4. The van der Waals surface area contributed by atoms with Gasteiger partial charge in [-0.25, -0.2) is 4.98 Å². The number of aryl methyl sites for hydroxylation is 1. The van der Waals surface area contributed by atoms with Gasteiger partial charge in [0.15, 0.2) is 0 Å². The van der Waals surface area contributed by atoms with Crippen molar-refractivity contribution < 1.29 is 5.11 Å². The number of aliphatic hydroxyl groups is 1. The van der Waals surface area contributed by atoms with E-state index in [-0.39, 0.29) is 12.0 Å². The van der Waals surface area contributed by atoms with E-state index in [9.17, 15) is 5.11 Å². The second-order valence-corrected chi connectivity index (χ2v) is 6.45. The predicted octanol–water partition coefficient (Wildman–Crippen LogP) is 2.79. The van der Waals surface area contributed by atoms with Crippen molar-refractivity contribution in [2.24, 2.45) is 5.92 Å². The molecule has 5 rings (SSSR count). The number of benzene rings is 1. The number of imidazole rings is 1. The Kier molecular flexibility index (Phi) is 2.73. The Bertz CT molecular complexity index is 865. The van der Waals surface area contributed by atoms with Crippen molar-refractivity contribution in [2.75, 3.05) is 0 Å². The summed E-state index contributed by atoms with van der Waals surface area (Å²) in [4.78, 5) is 4.33. The molecule has 3 atom stereocenters. The van der Waals surface area contributed by atoms with Gasteiger partial charge < -0.3 is 9.67 Å². The molecule has 0 saturated carbocycles. The summed E-state index contributed by atoms with van der Waals surface area (Å²) in [7, 11) is 0. The number of hydrogen-bond donors (Lipinski definition) is 1. The molecule has 2 aliphatic heterocycles. The van der Waals surface area contributed by atoms with Crippen LogP contribution in [0.1, 0.15) is 36.2 Å². The Morgan fingerprint density at radius 2 is 2.09 bits per heavy atom. The van der Waals surface area contributed by atoms with Gasteiger partial charge in [0.1, 0.15) is 6.10 Å². The highest BCUT2D eigenvalue weighted by Gasteiger charge is 2.39. The van der Waals surface area contributed by atoms with Gasteiger partial charge in [-0.15, -0.1) is 0 Å². The van der Waals surface area contributed by atoms with Gasteiger partial charge in [0, 0.05) is 24.2 Å². The van der Waals surface area contributed by atoms with Crippen molar-refractivity contribution in [3.8, 4) is 11.3 Å². The standard InChI is InChI=1S/C18H18N4O/c23-18-14(6-3-9-22-15(18)7-8-20-22)17-13-5-2-1-4-12(13)16-10-19-11-21(16)17/h1-2,4-5,7-8,10-11,14,17-18,23H,3,6,9H2/t14-,17+,18-/m1/s1. The van der Waals surface area contributed by atoms with E-state index in [0.29, 0.717) is 0 Å². The first-order valence-electron chi connectivity index (χ1n) is 8.15. The number of aliphatic hydroxyl groups excluding tert-OH is 1. The molecule has 0 amide bonds. The fourth-order valence-corrected chi connectivity index (χ4v) is 4.28. The number of nitrogens with zero attached hydrogens (tertiary/aromatic N) is 4. The first-order valence-corrected chi connectivity index (χ1v) is 8.15. The van der Waals surface area contributed by atoms with Crippen LogP contribution in [0, 0.1) is 5.92 Å². The van der Waals surface area contributed by atoms with E-state index in [0.717, 1.165) is 30.8 Å². The first-order chi connectivity index (χ1) is 11.3. The number of fused-ring (bicyclic) bond motifs is 4. The van der Waals surface area contributed by atoms with Gasteiger partial charge in [0.05, 0.1) is 30.0 Å². The van der Waals surface area contributed by atoms with E-state index < -0.39 is 6.10 Å². The second kappa shape index (κ2) is 4.80. The van der Waals surface area contributed by atoms with Crippen molar-refractivity contribution in [2.45, 2.75) is 31.5 Å². The van der Waals surface area contributed by atoms with Crippen molar-refractivity contribution in [1.82, 2.24) is 19.3 Å². The zero-order chi connectivity index (χ0) is 15.4. The summed E-state index contributed by atoms with van der Waals surface area (Å²) in [6.07, 6.45) is 7.10. The van der Waals surface area contributed by atoms with Crippen LogP contribution >= 0.6 is 0 Å². The minimum absolute atomic E-state index is 0.129. The van der Waals surface area contributed by atoms with Crippen molar-refractivity contribution in [3.63, 3.8) is 0 Å². The van der Waals surface area contributed by atoms with Crippen LogP contribution in [0.2, 0.25) is 0 Å². The molecule has 23 heavy (non-hydrogen) atoms. The molecular formula is C18H18N4O. The van der Waals surface area contributed by atoms with E-state index in [4.69, 9.17) is 0 Å². The van der Waals surface area contributed by atoms with E-state index in [1.54, 1.807) is 6.20 Å². The van der Waals surface area contributed by atoms with Crippen molar-refractivity contribution >= 4 is 0 Å². The molecule has 1 aromatic carbocycles. The zero-order valence-electron chi connectivity index (χ0n) is 12.7. The highest BCUT2D eigenvalue weighted by molar-refractivity contribution is 5.69. The summed E-state index contributed by atoms with van der Waals surface area (Å²) < 4.78 is 4.17. The van der Waals surface area contributed by atoms with Gasteiger partial charge in [0.2, 0.25) is 0 Å². The summed E-state index contributed by atoms with van der Waals surface area (Å²) >= 11 is 0. The molecule has 0 bridgehead atoms. The van der Waals surface area contributed by atoms with Crippen LogP contribution in [-0.2, 0) is 6.54 Å². The minimum Gasteiger partial charge on any atom is -0.386 e. The van der Waals surface area contributed by atoms with Crippen LogP contribution < -0.4 is 0 Å². The summed E-state index contributed by atoms with van der Waals surface area (Å²) in [6, 6.07) is 10.6. The van der Waals surface area contributed by atoms with Crippen LogP contribution in [0.15, 0.2) is 49.1 Å². The van der Waals surface area contributed by atoms with Gasteiger partial charge in [-0.1, -0.05) is 24.3 Å². The zero-order valence-corrected chi connectivity index (χ0v) is 12.7. The Balaban J connectivity index is 1.65. The third-order valence-electron chi connectivity index (χ3n) is 5.29. The molecular weight excluding hydrogens is 288 g/mol. The maximum absolute atomic E-state index is 11.0. The lowest BCUT2D eigenvalue weighted by molar-refractivity contribution is 0.0799. The lowest BCUT2D eigenvalue weighted by Gasteiger charge is -2.28. The molecule has 2 aliphatic rings. The fraction of sp³-hybridized carbons (Fsp3) is 0.333. The molecule has 2 aromatic heterocycles. The Hall–Kier alpha value is -2.40. The van der Waals surface area contributed by atoms with Gasteiger partial charge in [-0.3, -0.25) is 4.68 Å². The topological polar surface area (TPSA) is 55.9 Å². The molecule has 0 unspecified atom stereocenters. The maximum Gasteiger partial charge on any atom is 0.101 e. The number of rotatable bonds is 1. The van der Waals surface area contributed by atoms with Crippen LogP contribution in [0.25, 0.3) is 11.3 Å². The van der Waals surface area contributed by atoms with Crippen molar-refractivity contribution in [1.29, 1.82) is 0 Å². The molecule has 1 N–H and O–H groups in total. The normalized spacial score (nSPS) is 25.5. The third kappa shape index (κ3) is 1.77. The van der Waals surface area contributed by atoms with Crippen LogP contribution in [0.4, 0.5) is 0 Å². The molecule has 3 aromatic rings. The van der Waals surface area contributed by atoms with Crippen molar-refractivity contribution in [3.05, 3.63) is 60.3 Å². The summed E-state index contributed by atoms with van der Waals surface area (Å²) in [5.41, 5.74) is 4.61. The molecule has 0 saturated heterocycles. The average Bonchev–Trinajstić information content (AvgIpc) is 3.25. The molecule has 0 radical (unpaired) electrons. The molecule has 0 aliphatic carbocycles. The molecule has 116 valence electrons. The smallest absolute Gasteiger partial charge is 0.101 e. The number of hydrogen-bond acceptors (Lipinski definition) is 3.